The molecular weight excluding hydrogens is 108 g/mol. The van der Waals surface area contributed by atoms with Gasteiger partial charge in [0.1, 0.15) is 12.5 Å². The van der Waals surface area contributed by atoms with E-state index in [0.717, 1.165) is 0 Å². The Kier molecular flexibility index (Phi) is 3.66. The molecule has 1 aromatic heterocycles. The van der Waals surface area contributed by atoms with Gasteiger partial charge in [0.05, 0.1) is 0 Å². The lowest BCUT2D eigenvalue weighted by Crippen LogP contribution is -1.83. The van der Waals surface area contributed by atoms with Crippen molar-refractivity contribution in [3.63, 3.8) is 0 Å². The minimum atomic E-state index is -0.657. The second-order valence-electron chi connectivity index (χ2n) is 0.758. The van der Waals surface area contributed by atoms with Crippen molar-refractivity contribution in [3.8, 4) is 0 Å². The first-order chi connectivity index (χ1) is 3.89. The molecule has 3 heteroatoms. The van der Waals surface area contributed by atoms with Gasteiger partial charge in [-0.2, -0.15) is 0 Å². The van der Waals surface area contributed by atoms with E-state index in [2.05, 4.69) is 8.83 Å². The summed E-state index contributed by atoms with van der Waals surface area (Å²) >= 11 is 0. The van der Waals surface area contributed by atoms with Crippen LogP contribution in [-0.2, 0) is 0 Å². The highest BCUT2D eigenvalue weighted by Gasteiger charge is 1.77. The summed E-state index contributed by atoms with van der Waals surface area (Å²) in [6.45, 7) is 4.00. The Morgan fingerprint density at radius 2 is 1.62 bits per heavy atom. The quantitative estimate of drug-likeness (QED) is 0.512. The normalized spacial score (nSPS) is 7.25. The first-order valence-electron chi connectivity index (χ1n) is 2.42. The zero-order valence-corrected chi connectivity index (χ0v) is 4.88. The third kappa shape index (κ3) is 2.23. The van der Waals surface area contributed by atoms with E-state index >= 15 is 0 Å². The second kappa shape index (κ2) is 4.18. The average molecular weight is 116 g/mol. The lowest BCUT2D eigenvalue weighted by atomic mass is 11.0. The molecule has 0 fully saturated rings. The number of rotatable bonds is 0. The molecule has 0 N–H and O–H groups in total. The van der Waals surface area contributed by atoms with E-state index in [1.165, 1.54) is 12.5 Å². The van der Waals surface area contributed by atoms with Gasteiger partial charge in [-0.15, -0.1) is 0 Å². The van der Waals surface area contributed by atoms with E-state index in [-0.39, 0.29) is 0 Å². The highest BCUT2D eigenvalue weighted by atomic mass is 16.5. The molecule has 1 aromatic rings. The van der Waals surface area contributed by atoms with Crippen LogP contribution in [0.5, 0.6) is 0 Å². The molecule has 0 aromatic carbocycles. The number of hydrogen-bond donors (Lipinski definition) is 0. The molecule has 0 bridgehead atoms. The van der Waals surface area contributed by atoms with Crippen LogP contribution < -0.4 is 5.82 Å². The molecule has 3 nitrogen and oxygen atoms in total. The van der Waals surface area contributed by atoms with Gasteiger partial charge in [-0.05, 0) is 0 Å². The molecule has 0 spiro atoms. The summed E-state index contributed by atoms with van der Waals surface area (Å²) in [6, 6.07) is 0. The predicted molar refractivity (Wildman–Crippen MR) is 28.6 cm³/mol. The molecule has 0 amide bonds. The Labute approximate surface area is 46.9 Å². The van der Waals surface area contributed by atoms with Gasteiger partial charge >= 0.3 is 5.82 Å². The molecule has 1 rings (SSSR count). The molecule has 0 atom stereocenters. The number of hydrogen-bond acceptors (Lipinski definition) is 3. The van der Waals surface area contributed by atoms with Crippen molar-refractivity contribution in [2.45, 2.75) is 13.8 Å². The molecule has 46 valence electrons. The van der Waals surface area contributed by atoms with Crippen LogP contribution in [0.4, 0.5) is 0 Å². The van der Waals surface area contributed by atoms with Gasteiger partial charge < -0.3 is 8.83 Å². The SMILES string of the molecule is CC.O=c1occo1. The summed E-state index contributed by atoms with van der Waals surface area (Å²) in [5.41, 5.74) is 0. The molecule has 0 saturated carbocycles. The van der Waals surface area contributed by atoms with E-state index in [1.54, 1.807) is 0 Å². The van der Waals surface area contributed by atoms with Crippen molar-refractivity contribution in [1.29, 1.82) is 0 Å². The summed E-state index contributed by atoms with van der Waals surface area (Å²) in [7, 11) is 0. The Hall–Kier alpha value is -0.990. The molecule has 0 radical (unpaired) electrons. The fourth-order valence-electron chi connectivity index (χ4n) is 0.194. The van der Waals surface area contributed by atoms with Crippen molar-refractivity contribution in [2.24, 2.45) is 0 Å². The minimum absolute atomic E-state index is 0.657. The van der Waals surface area contributed by atoms with Gasteiger partial charge in [-0.1, -0.05) is 13.8 Å². The van der Waals surface area contributed by atoms with Crippen LogP contribution in [0.25, 0.3) is 0 Å². The first kappa shape index (κ1) is 7.01. The summed E-state index contributed by atoms with van der Waals surface area (Å²) in [5, 5.41) is 0. The second-order valence-corrected chi connectivity index (χ2v) is 0.758. The molecule has 0 unspecified atom stereocenters. The van der Waals surface area contributed by atoms with E-state index in [0.29, 0.717) is 0 Å². The van der Waals surface area contributed by atoms with Crippen molar-refractivity contribution >= 4 is 0 Å². The molecule has 1 heterocycles. The van der Waals surface area contributed by atoms with Crippen LogP contribution in [0.15, 0.2) is 26.2 Å². The maximum Gasteiger partial charge on any atom is 0.518 e. The predicted octanol–water partition coefficient (Wildman–Crippen LogP) is 1.26. The van der Waals surface area contributed by atoms with Crippen LogP contribution >= 0.6 is 0 Å². The Morgan fingerprint density at radius 3 is 1.75 bits per heavy atom. The lowest BCUT2D eigenvalue weighted by Gasteiger charge is -1.49. The lowest BCUT2D eigenvalue weighted by molar-refractivity contribution is 0.385. The zero-order chi connectivity index (χ0) is 6.41. The molecule has 0 aliphatic carbocycles. The standard InChI is InChI=1S/C3H2O3.C2H6/c4-3-5-1-2-6-3;1-2/h1-2H;1-2H3. The molecule has 0 saturated heterocycles. The molecule has 8 heavy (non-hydrogen) atoms. The third-order valence-corrected chi connectivity index (χ3v) is 0.384. The first-order valence-corrected chi connectivity index (χ1v) is 2.42. The van der Waals surface area contributed by atoms with Crippen LogP contribution in [0.3, 0.4) is 0 Å². The smallest absolute Gasteiger partial charge is 0.399 e. The Balaban J connectivity index is 0.000000222. The van der Waals surface area contributed by atoms with Crippen molar-refractivity contribution in [1.82, 2.24) is 0 Å². The third-order valence-electron chi connectivity index (χ3n) is 0.384. The summed E-state index contributed by atoms with van der Waals surface area (Å²) in [5.74, 6) is -0.657. The van der Waals surface area contributed by atoms with Gasteiger partial charge in [0.2, 0.25) is 0 Å². The highest BCUT2D eigenvalue weighted by Crippen LogP contribution is 1.70. The van der Waals surface area contributed by atoms with E-state index in [4.69, 9.17) is 0 Å². The van der Waals surface area contributed by atoms with Crippen LogP contribution in [0.2, 0.25) is 0 Å². The van der Waals surface area contributed by atoms with Gasteiger partial charge in [-0.3, -0.25) is 0 Å². The fourth-order valence-corrected chi connectivity index (χ4v) is 0.194. The van der Waals surface area contributed by atoms with Crippen LogP contribution in [0, 0.1) is 0 Å². The summed E-state index contributed by atoms with van der Waals surface area (Å²) in [4.78, 5) is 9.74. The van der Waals surface area contributed by atoms with Crippen LogP contribution in [-0.4, -0.2) is 0 Å². The Morgan fingerprint density at radius 1 is 1.25 bits per heavy atom. The van der Waals surface area contributed by atoms with Crippen molar-refractivity contribution < 1.29 is 8.83 Å². The van der Waals surface area contributed by atoms with Gasteiger partial charge in [0, 0.05) is 0 Å². The summed E-state index contributed by atoms with van der Waals surface area (Å²) in [6.07, 6.45) is 2.37. The van der Waals surface area contributed by atoms with E-state index in [9.17, 15) is 4.79 Å². The molecule has 0 aliphatic heterocycles. The fraction of sp³-hybridized carbons (Fsp3) is 0.400. The average Bonchev–Trinajstić information content (AvgIpc) is 2.24. The maximum absolute atomic E-state index is 9.74. The van der Waals surface area contributed by atoms with Crippen molar-refractivity contribution in [3.05, 3.63) is 23.1 Å². The van der Waals surface area contributed by atoms with Gasteiger partial charge in [0.15, 0.2) is 0 Å². The molecule has 0 aliphatic rings. The van der Waals surface area contributed by atoms with Crippen LogP contribution in [0.1, 0.15) is 13.8 Å². The zero-order valence-electron chi connectivity index (χ0n) is 4.88. The van der Waals surface area contributed by atoms with E-state index < -0.39 is 5.82 Å². The van der Waals surface area contributed by atoms with E-state index in [1.807, 2.05) is 13.8 Å². The highest BCUT2D eigenvalue weighted by molar-refractivity contribution is 4.49. The Bertz CT molecular complexity index is 145. The van der Waals surface area contributed by atoms with Gasteiger partial charge in [-0.25, -0.2) is 4.79 Å². The van der Waals surface area contributed by atoms with Crippen molar-refractivity contribution in [2.75, 3.05) is 0 Å². The topological polar surface area (TPSA) is 43.4 Å². The van der Waals surface area contributed by atoms with Gasteiger partial charge in [0.25, 0.3) is 0 Å². The largest absolute Gasteiger partial charge is 0.518 e. The monoisotopic (exact) mass is 116 g/mol. The molecular formula is C5H8O3. The summed E-state index contributed by atoms with van der Waals surface area (Å²) < 4.78 is 8.22. The minimum Gasteiger partial charge on any atom is -0.399 e. The maximum atomic E-state index is 9.74.